The van der Waals surface area contributed by atoms with Crippen molar-refractivity contribution in [2.75, 3.05) is 19.0 Å². The van der Waals surface area contributed by atoms with Crippen molar-refractivity contribution in [3.8, 4) is 29.9 Å². The lowest BCUT2D eigenvalue weighted by molar-refractivity contribution is -0.112. The first-order valence-electron chi connectivity index (χ1n) is 7.61. The van der Waals surface area contributed by atoms with Gasteiger partial charge in [-0.25, -0.2) is 4.39 Å². The van der Waals surface area contributed by atoms with E-state index in [1.54, 1.807) is 18.2 Å². The quantitative estimate of drug-likeness (QED) is 0.426. The number of rotatable bonds is 6. The van der Waals surface area contributed by atoms with Crippen LogP contribution in [0.1, 0.15) is 5.56 Å². The number of nitriles is 1. The maximum atomic E-state index is 13.7. The molecule has 0 aliphatic rings. The zero-order chi connectivity index (χ0) is 19.8. The van der Waals surface area contributed by atoms with Crippen LogP contribution in [-0.2, 0) is 4.79 Å². The number of hydrogen-bond acceptors (Lipinski definition) is 4. The number of ether oxygens (including phenoxy) is 2. The molecule has 136 valence electrons. The van der Waals surface area contributed by atoms with Gasteiger partial charge in [0.1, 0.15) is 24.1 Å². The smallest absolute Gasteiger partial charge is 0.266 e. The molecule has 0 radical (unpaired) electrons. The number of carbonyl (C=O) groups excluding carboxylic acids is 1. The molecule has 0 atom stereocenters. The predicted molar refractivity (Wildman–Crippen MR) is 104 cm³/mol. The number of halogens is 2. The molecule has 0 heterocycles. The summed E-state index contributed by atoms with van der Waals surface area (Å²) in [5, 5.41) is 11.7. The Kier molecular flexibility index (Phi) is 6.99. The number of benzene rings is 2. The summed E-state index contributed by atoms with van der Waals surface area (Å²) < 4.78 is 24.9. The summed E-state index contributed by atoms with van der Waals surface area (Å²) in [6.07, 6.45) is 6.54. The third-order valence-electron chi connectivity index (χ3n) is 3.38. The van der Waals surface area contributed by atoms with Crippen molar-refractivity contribution in [2.45, 2.75) is 0 Å². The van der Waals surface area contributed by atoms with Crippen molar-refractivity contribution in [1.29, 1.82) is 5.26 Å². The van der Waals surface area contributed by atoms with Crippen LogP contribution in [0.15, 0.2) is 46.4 Å². The molecule has 0 bridgehead atoms. The number of para-hydroxylation sites is 1. The van der Waals surface area contributed by atoms with Gasteiger partial charge in [0.15, 0.2) is 11.5 Å². The topological polar surface area (TPSA) is 71.3 Å². The van der Waals surface area contributed by atoms with Gasteiger partial charge in [-0.2, -0.15) is 5.26 Å². The molecular weight excluding hydrogens is 415 g/mol. The molecule has 27 heavy (non-hydrogen) atoms. The molecule has 1 N–H and O–H groups in total. The van der Waals surface area contributed by atoms with Gasteiger partial charge in [-0.15, -0.1) is 6.42 Å². The Bertz CT molecular complexity index is 974. The summed E-state index contributed by atoms with van der Waals surface area (Å²) in [6, 6.07) is 10.7. The lowest BCUT2D eigenvalue weighted by Gasteiger charge is -2.11. The maximum absolute atomic E-state index is 13.7. The van der Waals surface area contributed by atoms with E-state index in [1.807, 2.05) is 6.07 Å². The van der Waals surface area contributed by atoms with Gasteiger partial charge in [-0.1, -0.05) is 34.0 Å². The van der Waals surface area contributed by atoms with Crippen molar-refractivity contribution >= 4 is 33.6 Å². The van der Waals surface area contributed by atoms with E-state index in [9.17, 15) is 14.4 Å². The van der Waals surface area contributed by atoms with Gasteiger partial charge in [0.25, 0.3) is 5.91 Å². The number of nitrogens with one attached hydrogen (secondary N) is 1. The number of amides is 1. The third kappa shape index (κ3) is 5.10. The van der Waals surface area contributed by atoms with Crippen molar-refractivity contribution in [1.82, 2.24) is 0 Å². The zero-order valence-corrected chi connectivity index (χ0v) is 15.8. The van der Waals surface area contributed by atoms with Crippen LogP contribution in [-0.4, -0.2) is 19.6 Å². The van der Waals surface area contributed by atoms with Gasteiger partial charge >= 0.3 is 0 Å². The van der Waals surface area contributed by atoms with Crippen molar-refractivity contribution in [3.05, 3.63) is 57.8 Å². The van der Waals surface area contributed by atoms with E-state index in [-0.39, 0.29) is 17.9 Å². The Hall–Kier alpha value is -3.29. The molecule has 0 aliphatic carbocycles. The Labute approximate surface area is 164 Å². The van der Waals surface area contributed by atoms with E-state index in [1.165, 1.54) is 31.4 Å². The first-order valence-corrected chi connectivity index (χ1v) is 8.41. The molecule has 0 aromatic heterocycles. The molecule has 1 amide bonds. The van der Waals surface area contributed by atoms with E-state index in [2.05, 4.69) is 27.2 Å². The van der Waals surface area contributed by atoms with E-state index in [0.29, 0.717) is 21.5 Å². The van der Waals surface area contributed by atoms with E-state index in [0.717, 1.165) is 0 Å². The minimum Gasteiger partial charge on any atom is -0.493 e. The highest BCUT2D eigenvalue weighted by molar-refractivity contribution is 9.10. The van der Waals surface area contributed by atoms with Crippen LogP contribution in [0.5, 0.6) is 11.5 Å². The fraction of sp³-hybridized carbons (Fsp3) is 0.100. The van der Waals surface area contributed by atoms with Gasteiger partial charge in [0.2, 0.25) is 0 Å². The van der Waals surface area contributed by atoms with Gasteiger partial charge in [-0.05, 0) is 35.9 Å². The second-order valence-corrected chi connectivity index (χ2v) is 5.98. The van der Waals surface area contributed by atoms with Crippen LogP contribution < -0.4 is 14.8 Å². The SMILES string of the molecule is C#CCOc1cc(Br)c(/C=C(/C#N)C(=O)Nc2ccccc2F)cc1OC. The minimum atomic E-state index is -0.735. The normalized spacial score (nSPS) is 10.5. The molecule has 0 spiro atoms. The highest BCUT2D eigenvalue weighted by Crippen LogP contribution is 2.34. The summed E-state index contributed by atoms with van der Waals surface area (Å²) >= 11 is 3.35. The molecular formula is C20H14BrFN2O3. The zero-order valence-electron chi connectivity index (χ0n) is 14.3. The lowest BCUT2D eigenvalue weighted by atomic mass is 10.1. The monoisotopic (exact) mass is 428 g/mol. The molecule has 0 saturated carbocycles. The van der Waals surface area contributed by atoms with Gasteiger partial charge in [0, 0.05) is 4.47 Å². The summed E-state index contributed by atoms with van der Waals surface area (Å²) in [5.74, 6) is 1.81. The average molecular weight is 429 g/mol. The Morgan fingerprint density at radius 2 is 2.11 bits per heavy atom. The Morgan fingerprint density at radius 3 is 2.74 bits per heavy atom. The first-order chi connectivity index (χ1) is 13.0. The summed E-state index contributed by atoms with van der Waals surface area (Å²) in [7, 11) is 1.45. The first kappa shape index (κ1) is 20.0. The van der Waals surface area contributed by atoms with Crippen LogP contribution in [0.2, 0.25) is 0 Å². The molecule has 7 heteroatoms. The second-order valence-electron chi connectivity index (χ2n) is 5.12. The van der Waals surface area contributed by atoms with Gasteiger partial charge < -0.3 is 14.8 Å². The fourth-order valence-corrected chi connectivity index (χ4v) is 2.55. The Balaban J connectivity index is 2.34. The van der Waals surface area contributed by atoms with Crippen LogP contribution in [0.25, 0.3) is 6.08 Å². The van der Waals surface area contributed by atoms with Crippen LogP contribution >= 0.6 is 15.9 Å². The lowest BCUT2D eigenvalue weighted by Crippen LogP contribution is -2.14. The number of methoxy groups -OCH3 is 1. The van der Waals surface area contributed by atoms with E-state index >= 15 is 0 Å². The molecule has 2 rings (SSSR count). The van der Waals surface area contributed by atoms with Crippen molar-refractivity contribution in [3.63, 3.8) is 0 Å². The number of nitrogens with zero attached hydrogens (tertiary/aromatic N) is 1. The molecule has 2 aromatic rings. The van der Waals surface area contributed by atoms with Crippen LogP contribution in [0, 0.1) is 29.5 Å². The molecule has 0 unspecified atom stereocenters. The molecule has 2 aromatic carbocycles. The number of carbonyl (C=O) groups is 1. The molecule has 0 saturated heterocycles. The standard InChI is InChI=1S/C20H14BrFN2O3/c1-3-8-27-19-11-15(21)13(10-18(19)26-2)9-14(12-23)20(25)24-17-7-5-4-6-16(17)22/h1,4-7,9-11H,8H2,2H3,(H,24,25)/b14-9-. The Morgan fingerprint density at radius 1 is 1.37 bits per heavy atom. The van der Waals surface area contributed by atoms with Crippen molar-refractivity contribution < 1.29 is 18.7 Å². The molecule has 5 nitrogen and oxygen atoms in total. The summed E-state index contributed by atoms with van der Waals surface area (Å²) in [5.41, 5.74) is 0.275. The van der Waals surface area contributed by atoms with Gasteiger partial charge in [-0.3, -0.25) is 4.79 Å². The third-order valence-corrected chi connectivity index (χ3v) is 4.07. The van der Waals surface area contributed by atoms with Crippen molar-refractivity contribution in [2.24, 2.45) is 0 Å². The second kappa shape index (κ2) is 9.42. The van der Waals surface area contributed by atoms with Crippen LogP contribution in [0.3, 0.4) is 0 Å². The van der Waals surface area contributed by atoms with E-state index in [4.69, 9.17) is 15.9 Å². The summed E-state index contributed by atoms with van der Waals surface area (Å²) in [6.45, 7) is 0.0620. The number of terminal acetylenes is 1. The number of anilines is 1. The van der Waals surface area contributed by atoms with Crippen LogP contribution in [0.4, 0.5) is 10.1 Å². The highest BCUT2D eigenvalue weighted by atomic mass is 79.9. The molecule has 0 aliphatic heterocycles. The maximum Gasteiger partial charge on any atom is 0.266 e. The summed E-state index contributed by atoms with van der Waals surface area (Å²) in [4.78, 5) is 12.3. The average Bonchev–Trinajstić information content (AvgIpc) is 2.67. The molecule has 0 fully saturated rings. The highest BCUT2D eigenvalue weighted by Gasteiger charge is 2.14. The number of hydrogen-bond donors (Lipinski definition) is 1. The fourth-order valence-electron chi connectivity index (χ4n) is 2.11. The minimum absolute atomic E-state index is 0.0154. The van der Waals surface area contributed by atoms with Gasteiger partial charge in [0.05, 0.1) is 12.8 Å². The predicted octanol–water partition coefficient (Wildman–Crippen LogP) is 4.15. The van der Waals surface area contributed by atoms with E-state index < -0.39 is 11.7 Å². The largest absolute Gasteiger partial charge is 0.493 e.